The van der Waals surface area contributed by atoms with Gasteiger partial charge in [-0.15, -0.1) is 0 Å². The molecule has 2 aromatic heterocycles. The zero-order valence-electron chi connectivity index (χ0n) is 19.7. The Hall–Kier alpha value is -4.23. The summed E-state index contributed by atoms with van der Waals surface area (Å²) in [7, 11) is 0. The Kier molecular flexibility index (Phi) is 6.68. The average Bonchev–Trinajstić information content (AvgIpc) is 2.91. The van der Waals surface area contributed by atoms with Crippen molar-refractivity contribution in [2.24, 2.45) is 0 Å². The highest BCUT2D eigenvalue weighted by molar-refractivity contribution is 5.76. The Bertz CT molecular complexity index is 1280. The Balaban J connectivity index is 1.23. The molecule has 1 aliphatic rings. The van der Waals surface area contributed by atoms with Crippen LogP contribution in [0.4, 0.5) is 23.0 Å². The van der Waals surface area contributed by atoms with E-state index in [1.54, 1.807) is 6.20 Å². The second kappa shape index (κ2) is 10.4. The molecule has 3 heterocycles. The van der Waals surface area contributed by atoms with E-state index in [2.05, 4.69) is 56.3 Å². The first kappa shape index (κ1) is 22.6. The van der Waals surface area contributed by atoms with Crippen LogP contribution in [0.15, 0.2) is 85.7 Å². The third kappa shape index (κ3) is 5.65. The van der Waals surface area contributed by atoms with Crippen LogP contribution in [-0.4, -0.2) is 41.3 Å². The molecule has 176 valence electrons. The molecule has 0 aliphatic carbocycles. The standard InChI is InChI=1S/C28H28N6O/c1-20-3-4-23(19-30-20)21(2)31-24-7-5-22(6-8-24)27-13-14-29-28(33-27)32-25-9-11-26(12-10-25)34-15-17-35-18-16-34/h3-14,19,31H,2,15-18H2,1H3,(H,29,32,33). The monoisotopic (exact) mass is 464 g/mol. The molecular formula is C28H28N6O. The van der Waals surface area contributed by atoms with E-state index in [9.17, 15) is 0 Å². The molecule has 0 amide bonds. The van der Waals surface area contributed by atoms with Crippen molar-refractivity contribution in [3.05, 3.63) is 97.0 Å². The van der Waals surface area contributed by atoms with Gasteiger partial charge in [0.2, 0.25) is 5.95 Å². The van der Waals surface area contributed by atoms with E-state index in [0.717, 1.165) is 65.9 Å². The van der Waals surface area contributed by atoms with Crippen molar-refractivity contribution < 1.29 is 4.74 Å². The van der Waals surface area contributed by atoms with Gasteiger partial charge in [-0.2, -0.15) is 0 Å². The van der Waals surface area contributed by atoms with Gasteiger partial charge in [0.05, 0.1) is 18.9 Å². The third-order valence-electron chi connectivity index (χ3n) is 5.89. The summed E-state index contributed by atoms with van der Waals surface area (Å²) in [4.78, 5) is 15.8. The molecule has 0 saturated carbocycles. The minimum Gasteiger partial charge on any atom is -0.378 e. The summed E-state index contributed by atoms with van der Waals surface area (Å²) < 4.78 is 5.44. The number of ether oxygens (including phenoxy) is 1. The Morgan fingerprint density at radius 2 is 1.63 bits per heavy atom. The van der Waals surface area contributed by atoms with Crippen molar-refractivity contribution in [3.8, 4) is 11.3 Å². The molecule has 0 spiro atoms. The zero-order chi connectivity index (χ0) is 24.0. The molecule has 5 rings (SSSR count). The second-order valence-corrected chi connectivity index (χ2v) is 8.41. The maximum atomic E-state index is 5.44. The number of anilines is 4. The summed E-state index contributed by atoms with van der Waals surface area (Å²) >= 11 is 0. The fourth-order valence-corrected chi connectivity index (χ4v) is 3.90. The lowest BCUT2D eigenvalue weighted by Crippen LogP contribution is -2.36. The Morgan fingerprint density at radius 1 is 0.886 bits per heavy atom. The number of pyridine rings is 1. The molecule has 4 aromatic rings. The molecular weight excluding hydrogens is 436 g/mol. The molecule has 1 aliphatic heterocycles. The van der Waals surface area contributed by atoms with Crippen molar-refractivity contribution in [2.45, 2.75) is 6.92 Å². The first-order valence-corrected chi connectivity index (χ1v) is 11.7. The van der Waals surface area contributed by atoms with Crippen LogP contribution in [0.25, 0.3) is 17.0 Å². The number of aromatic nitrogens is 3. The van der Waals surface area contributed by atoms with Crippen molar-refractivity contribution in [1.29, 1.82) is 0 Å². The molecule has 0 bridgehead atoms. The van der Waals surface area contributed by atoms with Gasteiger partial charge < -0.3 is 20.3 Å². The van der Waals surface area contributed by atoms with E-state index in [1.165, 1.54) is 5.69 Å². The number of morpholine rings is 1. The first-order valence-electron chi connectivity index (χ1n) is 11.7. The topological polar surface area (TPSA) is 75.2 Å². The predicted molar refractivity (Wildman–Crippen MR) is 142 cm³/mol. The molecule has 1 saturated heterocycles. The largest absolute Gasteiger partial charge is 0.378 e. The van der Waals surface area contributed by atoms with Gasteiger partial charge in [-0.05, 0) is 61.5 Å². The number of rotatable bonds is 7. The molecule has 2 aromatic carbocycles. The Labute approximate surface area is 205 Å². The van der Waals surface area contributed by atoms with Crippen LogP contribution in [0.1, 0.15) is 11.3 Å². The fraction of sp³-hybridized carbons (Fsp3) is 0.179. The van der Waals surface area contributed by atoms with Gasteiger partial charge in [-0.3, -0.25) is 4.98 Å². The lowest BCUT2D eigenvalue weighted by Gasteiger charge is -2.28. The smallest absolute Gasteiger partial charge is 0.227 e. The van der Waals surface area contributed by atoms with Gasteiger partial charge in [0, 0.05) is 65.1 Å². The predicted octanol–water partition coefficient (Wildman–Crippen LogP) is 5.51. The quantitative estimate of drug-likeness (QED) is 0.373. The van der Waals surface area contributed by atoms with E-state index in [1.807, 2.05) is 55.6 Å². The molecule has 0 radical (unpaired) electrons. The zero-order valence-corrected chi connectivity index (χ0v) is 19.7. The minimum atomic E-state index is 0.559. The first-order chi connectivity index (χ1) is 17.1. The molecule has 7 heteroatoms. The van der Waals surface area contributed by atoms with Gasteiger partial charge in [-0.25, -0.2) is 9.97 Å². The van der Waals surface area contributed by atoms with Crippen molar-refractivity contribution in [3.63, 3.8) is 0 Å². The summed E-state index contributed by atoms with van der Waals surface area (Å²) in [6.07, 6.45) is 3.59. The van der Waals surface area contributed by atoms with Crippen LogP contribution in [0.3, 0.4) is 0 Å². The minimum absolute atomic E-state index is 0.559. The van der Waals surface area contributed by atoms with Crippen LogP contribution >= 0.6 is 0 Å². The van der Waals surface area contributed by atoms with E-state index in [4.69, 9.17) is 9.72 Å². The highest BCUT2D eigenvalue weighted by atomic mass is 16.5. The van der Waals surface area contributed by atoms with Gasteiger partial charge in [0.25, 0.3) is 0 Å². The summed E-state index contributed by atoms with van der Waals surface area (Å²) in [5.41, 5.74) is 7.70. The number of nitrogens with zero attached hydrogens (tertiary/aromatic N) is 4. The van der Waals surface area contributed by atoms with Gasteiger partial charge >= 0.3 is 0 Å². The lowest BCUT2D eigenvalue weighted by atomic mass is 10.1. The molecule has 7 nitrogen and oxygen atoms in total. The highest BCUT2D eigenvalue weighted by Gasteiger charge is 2.11. The van der Waals surface area contributed by atoms with E-state index in [-0.39, 0.29) is 0 Å². The molecule has 35 heavy (non-hydrogen) atoms. The normalized spacial score (nSPS) is 13.3. The number of hydrogen-bond donors (Lipinski definition) is 2. The van der Waals surface area contributed by atoms with Crippen molar-refractivity contribution in [2.75, 3.05) is 41.8 Å². The van der Waals surface area contributed by atoms with Crippen molar-refractivity contribution in [1.82, 2.24) is 15.0 Å². The van der Waals surface area contributed by atoms with Crippen LogP contribution in [-0.2, 0) is 4.74 Å². The fourth-order valence-electron chi connectivity index (χ4n) is 3.90. The number of hydrogen-bond acceptors (Lipinski definition) is 7. The third-order valence-corrected chi connectivity index (χ3v) is 5.89. The van der Waals surface area contributed by atoms with Gasteiger partial charge in [-0.1, -0.05) is 18.7 Å². The maximum absolute atomic E-state index is 5.44. The van der Waals surface area contributed by atoms with Crippen LogP contribution < -0.4 is 15.5 Å². The van der Waals surface area contributed by atoms with Crippen LogP contribution in [0.5, 0.6) is 0 Å². The number of aryl methyl sites for hydroxylation is 1. The summed E-state index contributed by atoms with van der Waals surface area (Å²) in [5.74, 6) is 0.559. The summed E-state index contributed by atoms with van der Waals surface area (Å²) in [6.45, 7) is 9.48. The average molecular weight is 465 g/mol. The lowest BCUT2D eigenvalue weighted by molar-refractivity contribution is 0.122. The SMILES string of the molecule is C=C(Nc1ccc(-c2ccnc(Nc3ccc(N4CCOCC4)cc3)n2)cc1)c1ccc(C)nc1. The molecule has 2 N–H and O–H groups in total. The van der Waals surface area contributed by atoms with E-state index < -0.39 is 0 Å². The summed E-state index contributed by atoms with van der Waals surface area (Å²) in [6, 6.07) is 22.3. The van der Waals surface area contributed by atoms with E-state index >= 15 is 0 Å². The second-order valence-electron chi connectivity index (χ2n) is 8.41. The molecule has 1 fully saturated rings. The van der Waals surface area contributed by atoms with E-state index in [0.29, 0.717) is 5.95 Å². The number of nitrogens with one attached hydrogen (secondary N) is 2. The van der Waals surface area contributed by atoms with Crippen LogP contribution in [0, 0.1) is 6.92 Å². The van der Waals surface area contributed by atoms with Gasteiger partial charge in [0.15, 0.2) is 0 Å². The van der Waals surface area contributed by atoms with Crippen molar-refractivity contribution >= 4 is 28.7 Å². The maximum Gasteiger partial charge on any atom is 0.227 e. The Morgan fingerprint density at radius 3 is 2.34 bits per heavy atom. The number of benzene rings is 2. The molecule has 0 unspecified atom stereocenters. The highest BCUT2D eigenvalue weighted by Crippen LogP contribution is 2.24. The van der Waals surface area contributed by atoms with Gasteiger partial charge in [0.1, 0.15) is 0 Å². The summed E-state index contributed by atoms with van der Waals surface area (Å²) in [5, 5.41) is 6.65. The molecule has 0 atom stereocenters. The van der Waals surface area contributed by atoms with Crippen LogP contribution in [0.2, 0.25) is 0 Å².